The Morgan fingerprint density at radius 3 is 2.26 bits per heavy atom. The zero-order valence-electron chi connectivity index (χ0n) is 20.4. The van der Waals surface area contributed by atoms with Gasteiger partial charge in [0.1, 0.15) is 11.6 Å². The van der Waals surface area contributed by atoms with Crippen LogP contribution in [0.2, 0.25) is 5.02 Å². The van der Waals surface area contributed by atoms with Gasteiger partial charge in [-0.1, -0.05) is 119 Å². The fourth-order valence-corrected chi connectivity index (χ4v) is 5.72. The number of aryl methyl sites for hydroxylation is 1. The second kappa shape index (κ2) is 12.2. The molecule has 1 aliphatic rings. The van der Waals surface area contributed by atoms with Crippen molar-refractivity contribution in [1.82, 2.24) is 0 Å². The normalized spacial score (nSPS) is 18.5. The Bertz CT molecular complexity index is 1080. The number of fused-ring (bicyclic) bond motifs is 1. The van der Waals surface area contributed by atoms with E-state index in [1.807, 2.05) is 12.1 Å². The molecule has 0 atom stereocenters. The molecule has 0 saturated heterocycles. The SMILES string of the molecule is CCCCCCC[C@H]1CC[C@H](CCc2ccc3c(F)c(-c4ccc(Cl)c(F)c4)ccc3c2)CC1. The predicted octanol–water partition coefficient (Wildman–Crippen LogP) is 10.5. The molecule has 34 heavy (non-hydrogen) atoms. The first-order chi connectivity index (χ1) is 16.5. The molecule has 3 aromatic rings. The van der Waals surface area contributed by atoms with Crippen LogP contribution >= 0.6 is 11.6 Å². The number of halogens is 3. The number of hydrogen-bond donors (Lipinski definition) is 0. The Morgan fingerprint density at radius 2 is 1.53 bits per heavy atom. The van der Waals surface area contributed by atoms with E-state index in [9.17, 15) is 4.39 Å². The minimum atomic E-state index is -0.532. The van der Waals surface area contributed by atoms with Crippen molar-refractivity contribution in [2.45, 2.75) is 84.0 Å². The van der Waals surface area contributed by atoms with E-state index in [0.717, 1.165) is 23.6 Å². The fraction of sp³-hybridized carbons (Fsp3) is 0.484. The molecule has 0 unspecified atom stereocenters. The van der Waals surface area contributed by atoms with Crippen molar-refractivity contribution >= 4 is 22.4 Å². The van der Waals surface area contributed by atoms with Crippen LogP contribution < -0.4 is 0 Å². The average molecular weight is 483 g/mol. The predicted molar refractivity (Wildman–Crippen MR) is 141 cm³/mol. The summed E-state index contributed by atoms with van der Waals surface area (Å²) in [5, 5.41) is 1.53. The summed E-state index contributed by atoms with van der Waals surface area (Å²) in [5.74, 6) is 0.935. The molecule has 1 fully saturated rings. The first-order valence-electron chi connectivity index (χ1n) is 13.2. The second-order valence-corrected chi connectivity index (χ2v) is 10.6. The summed E-state index contributed by atoms with van der Waals surface area (Å²) >= 11 is 5.78. The molecule has 182 valence electrons. The van der Waals surface area contributed by atoms with Crippen LogP contribution in [0.3, 0.4) is 0 Å². The van der Waals surface area contributed by atoms with Crippen molar-refractivity contribution < 1.29 is 8.78 Å². The van der Waals surface area contributed by atoms with Crippen molar-refractivity contribution in [3.63, 3.8) is 0 Å². The van der Waals surface area contributed by atoms with Crippen LogP contribution in [0.1, 0.15) is 83.1 Å². The topological polar surface area (TPSA) is 0 Å². The van der Waals surface area contributed by atoms with Gasteiger partial charge in [0.2, 0.25) is 0 Å². The lowest BCUT2D eigenvalue weighted by atomic mass is 9.77. The van der Waals surface area contributed by atoms with Gasteiger partial charge >= 0.3 is 0 Å². The van der Waals surface area contributed by atoms with Crippen molar-refractivity contribution in [1.29, 1.82) is 0 Å². The maximum atomic E-state index is 15.2. The molecule has 0 bridgehead atoms. The van der Waals surface area contributed by atoms with Gasteiger partial charge in [0.25, 0.3) is 0 Å². The van der Waals surface area contributed by atoms with Gasteiger partial charge in [-0.05, 0) is 53.3 Å². The second-order valence-electron chi connectivity index (χ2n) is 10.2. The Hall–Kier alpha value is -1.93. The molecule has 1 saturated carbocycles. The smallest absolute Gasteiger partial charge is 0.142 e. The van der Waals surface area contributed by atoms with E-state index in [1.165, 1.54) is 88.3 Å². The van der Waals surface area contributed by atoms with Crippen molar-refractivity contribution in [3.8, 4) is 11.1 Å². The molecule has 0 aromatic heterocycles. The molecule has 0 nitrogen and oxygen atoms in total. The molecule has 3 aromatic carbocycles. The minimum absolute atomic E-state index is 0.0467. The quantitative estimate of drug-likeness (QED) is 0.252. The highest BCUT2D eigenvalue weighted by molar-refractivity contribution is 6.30. The summed E-state index contributed by atoms with van der Waals surface area (Å²) in [7, 11) is 0. The number of benzene rings is 3. The Balaban J connectivity index is 1.31. The summed E-state index contributed by atoms with van der Waals surface area (Å²) in [5.41, 5.74) is 2.18. The monoisotopic (exact) mass is 482 g/mol. The maximum absolute atomic E-state index is 15.2. The summed E-state index contributed by atoms with van der Waals surface area (Å²) in [4.78, 5) is 0. The molecule has 0 radical (unpaired) electrons. The highest BCUT2D eigenvalue weighted by atomic mass is 35.5. The molecule has 4 rings (SSSR count). The fourth-order valence-electron chi connectivity index (χ4n) is 5.60. The van der Waals surface area contributed by atoms with Crippen LogP contribution in [0.25, 0.3) is 21.9 Å². The highest BCUT2D eigenvalue weighted by Gasteiger charge is 2.21. The van der Waals surface area contributed by atoms with Gasteiger partial charge in [0.15, 0.2) is 0 Å². The minimum Gasteiger partial charge on any atom is -0.206 e. The third kappa shape index (κ3) is 6.39. The lowest BCUT2D eigenvalue weighted by Gasteiger charge is -2.28. The molecule has 0 amide bonds. The van der Waals surface area contributed by atoms with Gasteiger partial charge in [-0.15, -0.1) is 0 Å². The first kappa shape index (κ1) is 25.2. The standard InChI is InChI=1S/C31H37ClF2/c1-2-3-4-5-6-7-22-8-10-23(11-9-22)12-13-24-14-17-27-25(20-24)15-18-28(31(27)34)26-16-19-29(32)30(33)21-26/h14-23H,2-13H2,1H3/t22-,23-. The van der Waals surface area contributed by atoms with Gasteiger partial charge < -0.3 is 0 Å². The summed E-state index contributed by atoms with van der Waals surface area (Å²) in [6.07, 6.45) is 16.2. The molecule has 0 aliphatic heterocycles. The highest BCUT2D eigenvalue weighted by Crippen LogP contribution is 2.35. The largest absolute Gasteiger partial charge is 0.206 e. The van der Waals surface area contributed by atoms with Gasteiger partial charge in [-0.2, -0.15) is 0 Å². The van der Waals surface area contributed by atoms with Crippen LogP contribution in [0, 0.1) is 23.5 Å². The average Bonchev–Trinajstić information content (AvgIpc) is 2.85. The third-order valence-corrected chi connectivity index (χ3v) is 8.08. The molecular formula is C31H37ClF2. The molecule has 1 aliphatic carbocycles. The first-order valence-corrected chi connectivity index (χ1v) is 13.6. The lowest BCUT2D eigenvalue weighted by molar-refractivity contribution is 0.249. The molecule has 0 N–H and O–H groups in total. The van der Waals surface area contributed by atoms with Gasteiger partial charge in [0, 0.05) is 10.9 Å². The van der Waals surface area contributed by atoms with Gasteiger partial charge in [-0.25, -0.2) is 8.78 Å². The van der Waals surface area contributed by atoms with Crippen LogP contribution in [0.15, 0.2) is 48.5 Å². The van der Waals surface area contributed by atoms with Crippen LogP contribution in [-0.4, -0.2) is 0 Å². The molecule has 0 spiro atoms. The van der Waals surface area contributed by atoms with Crippen LogP contribution in [-0.2, 0) is 6.42 Å². The van der Waals surface area contributed by atoms with E-state index >= 15 is 4.39 Å². The van der Waals surface area contributed by atoms with Gasteiger partial charge in [-0.3, -0.25) is 0 Å². The number of hydrogen-bond acceptors (Lipinski definition) is 0. The van der Waals surface area contributed by atoms with Crippen LogP contribution in [0.4, 0.5) is 8.78 Å². The van der Waals surface area contributed by atoms with E-state index in [4.69, 9.17) is 11.6 Å². The summed E-state index contributed by atoms with van der Waals surface area (Å²) < 4.78 is 29.1. The zero-order chi connectivity index (χ0) is 23.9. The van der Waals surface area contributed by atoms with Crippen molar-refractivity contribution in [3.05, 3.63) is 70.8 Å². The lowest BCUT2D eigenvalue weighted by Crippen LogP contribution is -2.15. The zero-order valence-corrected chi connectivity index (χ0v) is 21.1. The molecular weight excluding hydrogens is 446 g/mol. The van der Waals surface area contributed by atoms with Crippen molar-refractivity contribution in [2.24, 2.45) is 11.8 Å². The summed E-state index contributed by atoms with van der Waals surface area (Å²) in [6, 6.07) is 14.2. The van der Waals surface area contributed by atoms with E-state index in [0.29, 0.717) is 16.5 Å². The van der Waals surface area contributed by atoms with E-state index in [2.05, 4.69) is 19.1 Å². The Morgan fingerprint density at radius 1 is 0.794 bits per heavy atom. The van der Waals surface area contributed by atoms with Gasteiger partial charge in [0.05, 0.1) is 5.02 Å². The van der Waals surface area contributed by atoms with Crippen LogP contribution in [0.5, 0.6) is 0 Å². The third-order valence-electron chi connectivity index (χ3n) is 7.77. The Labute approximate surface area is 208 Å². The maximum Gasteiger partial charge on any atom is 0.142 e. The van der Waals surface area contributed by atoms with E-state index in [1.54, 1.807) is 12.1 Å². The number of unbranched alkanes of at least 4 members (excludes halogenated alkanes) is 4. The molecule has 3 heteroatoms. The van der Waals surface area contributed by atoms with E-state index < -0.39 is 5.82 Å². The Kier molecular flexibility index (Phi) is 9.00. The summed E-state index contributed by atoms with van der Waals surface area (Å²) in [6.45, 7) is 2.28. The van der Waals surface area contributed by atoms with Crippen molar-refractivity contribution in [2.75, 3.05) is 0 Å². The van der Waals surface area contributed by atoms with E-state index in [-0.39, 0.29) is 10.8 Å². The number of rotatable bonds is 10. The molecule has 0 heterocycles.